The van der Waals surface area contributed by atoms with Crippen LogP contribution in [0.1, 0.15) is 86.0 Å². The van der Waals surface area contributed by atoms with E-state index >= 15 is 0 Å². The molecule has 0 aromatic heterocycles. The molecular formula is C19H39NO3. The molecule has 0 N–H and O–H groups in total. The smallest absolute Gasteiger partial charge is 0.310 e. The van der Waals surface area contributed by atoms with Crippen molar-refractivity contribution in [3.05, 3.63) is 0 Å². The first-order chi connectivity index (χ1) is 11.1. The molecule has 0 aromatic rings. The Morgan fingerprint density at radius 3 is 1.96 bits per heavy atom. The zero-order chi connectivity index (χ0) is 18.1. The quantitative estimate of drug-likeness (QED) is 0.474. The first-order valence-electron chi connectivity index (χ1n) is 9.46. The molecular weight excluding hydrogens is 290 g/mol. The lowest BCUT2D eigenvalue weighted by Gasteiger charge is -2.14. The van der Waals surface area contributed by atoms with Gasteiger partial charge in [-0.05, 0) is 6.42 Å². The Bertz CT molecular complexity index is 286. The van der Waals surface area contributed by atoms with Gasteiger partial charge in [-0.2, -0.15) is 0 Å². The Balaban J connectivity index is 0. The van der Waals surface area contributed by atoms with E-state index in [4.69, 9.17) is 0 Å². The molecule has 23 heavy (non-hydrogen) atoms. The monoisotopic (exact) mass is 329 g/mol. The topological polar surface area (TPSA) is 46.6 Å². The van der Waals surface area contributed by atoms with Crippen molar-refractivity contribution < 1.29 is 14.3 Å². The lowest BCUT2D eigenvalue weighted by atomic mass is 10.1. The van der Waals surface area contributed by atoms with Gasteiger partial charge < -0.3 is 9.64 Å². The number of unbranched alkanes of at least 4 members (excludes halogenated alkanes) is 5. The largest absolute Gasteiger partial charge is 0.469 e. The molecule has 0 aliphatic carbocycles. The van der Waals surface area contributed by atoms with E-state index in [2.05, 4.69) is 18.6 Å². The highest BCUT2D eigenvalue weighted by Crippen LogP contribution is 2.18. The molecule has 4 heteroatoms. The summed E-state index contributed by atoms with van der Waals surface area (Å²) in [4.78, 5) is 24.1. The van der Waals surface area contributed by atoms with Crippen LogP contribution in [0.25, 0.3) is 0 Å². The van der Waals surface area contributed by atoms with Crippen LogP contribution in [-0.2, 0) is 14.3 Å². The Kier molecular flexibility index (Phi) is 18.2. The van der Waals surface area contributed by atoms with E-state index in [9.17, 15) is 9.59 Å². The number of likely N-dealkylation sites (tertiary alicyclic amines) is 1. The minimum absolute atomic E-state index is 0.0669. The second-order valence-electron chi connectivity index (χ2n) is 5.68. The van der Waals surface area contributed by atoms with Gasteiger partial charge in [0.15, 0.2) is 0 Å². The van der Waals surface area contributed by atoms with E-state index in [1.807, 2.05) is 20.8 Å². The van der Waals surface area contributed by atoms with E-state index in [1.165, 1.54) is 45.6 Å². The molecule has 4 nitrogen and oxygen atoms in total. The molecule has 1 heterocycles. The SMILES string of the molecule is CC.CCCCCCCC.CCCN1CC(C(=O)OC)CC1=O. The summed E-state index contributed by atoms with van der Waals surface area (Å²) >= 11 is 0. The summed E-state index contributed by atoms with van der Waals surface area (Å²) < 4.78 is 4.59. The van der Waals surface area contributed by atoms with Crippen LogP contribution in [0.2, 0.25) is 0 Å². The normalized spacial score (nSPS) is 16.2. The summed E-state index contributed by atoms with van der Waals surface area (Å²) in [6.45, 7) is 11.8. The number of carbonyl (C=O) groups is 2. The van der Waals surface area contributed by atoms with E-state index < -0.39 is 0 Å². The van der Waals surface area contributed by atoms with E-state index in [-0.39, 0.29) is 17.8 Å². The molecule has 1 saturated heterocycles. The number of hydrogen-bond donors (Lipinski definition) is 0. The van der Waals surface area contributed by atoms with Gasteiger partial charge >= 0.3 is 5.97 Å². The minimum atomic E-state index is -0.271. The van der Waals surface area contributed by atoms with Gasteiger partial charge in [0.05, 0.1) is 13.0 Å². The number of rotatable bonds is 8. The minimum Gasteiger partial charge on any atom is -0.469 e. The van der Waals surface area contributed by atoms with Gasteiger partial charge in [-0.25, -0.2) is 0 Å². The molecule has 1 aliphatic rings. The average molecular weight is 330 g/mol. The average Bonchev–Trinajstić information content (AvgIpc) is 2.95. The maximum absolute atomic E-state index is 11.3. The number of hydrogen-bond acceptors (Lipinski definition) is 3. The third-order valence-corrected chi connectivity index (χ3v) is 3.70. The first-order valence-corrected chi connectivity index (χ1v) is 9.46. The summed E-state index contributed by atoms with van der Waals surface area (Å²) in [5.41, 5.74) is 0. The van der Waals surface area contributed by atoms with Crippen LogP contribution in [0.15, 0.2) is 0 Å². The zero-order valence-electron chi connectivity index (χ0n) is 16.3. The molecule has 0 spiro atoms. The third-order valence-electron chi connectivity index (χ3n) is 3.70. The summed E-state index contributed by atoms with van der Waals surface area (Å²) in [6, 6.07) is 0. The molecule has 1 aliphatic heterocycles. The van der Waals surface area contributed by atoms with E-state index in [0.717, 1.165) is 13.0 Å². The predicted molar refractivity (Wildman–Crippen MR) is 97.4 cm³/mol. The van der Waals surface area contributed by atoms with Gasteiger partial charge in [0.1, 0.15) is 0 Å². The third kappa shape index (κ3) is 12.1. The maximum atomic E-state index is 11.3. The Morgan fingerprint density at radius 2 is 1.57 bits per heavy atom. The van der Waals surface area contributed by atoms with Gasteiger partial charge in [0.25, 0.3) is 0 Å². The molecule has 0 bridgehead atoms. The second-order valence-corrected chi connectivity index (χ2v) is 5.68. The van der Waals surface area contributed by atoms with Crippen molar-refractivity contribution >= 4 is 11.9 Å². The predicted octanol–water partition coefficient (Wildman–Crippen LogP) is 4.81. The van der Waals surface area contributed by atoms with Gasteiger partial charge in [-0.3, -0.25) is 9.59 Å². The van der Waals surface area contributed by atoms with Crippen LogP contribution < -0.4 is 0 Å². The van der Waals surface area contributed by atoms with Crippen molar-refractivity contribution in [1.82, 2.24) is 4.90 Å². The first kappa shape index (κ1) is 24.2. The molecule has 1 amide bonds. The van der Waals surface area contributed by atoms with E-state index in [1.54, 1.807) is 4.90 Å². The summed E-state index contributed by atoms with van der Waals surface area (Å²) in [5, 5.41) is 0. The molecule has 0 saturated carbocycles. The molecule has 1 fully saturated rings. The summed E-state index contributed by atoms with van der Waals surface area (Å²) in [7, 11) is 1.36. The molecule has 0 aromatic carbocycles. The second kappa shape index (κ2) is 17.3. The van der Waals surface area contributed by atoms with Crippen LogP contribution in [0.4, 0.5) is 0 Å². The number of amides is 1. The molecule has 138 valence electrons. The summed E-state index contributed by atoms with van der Waals surface area (Å²) in [6.07, 6.45) is 9.73. The fourth-order valence-corrected chi connectivity index (χ4v) is 2.44. The van der Waals surface area contributed by atoms with Gasteiger partial charge in [-0.15, -0.1) is 0 Å². The Labute approximate surface area is 144 Å². The van der Waals surface area contributed by atoms with Crippen molar-refractivity contribution in [3.8, 4) is 0 Å². The number of nitrogens with zero attached hydrogens (tertiary/aromatic N) is 1. The van der Waals surface area contributed by atoms with Crippen molar-refractivity contribution in [3.63, 3.8) is 0 Å². The standard InChI is InChI=1S/C9H15NO3.C8H18.C2H6/c1-3-4-10-6-7(5-8(10)11)9(12)13-2;1-3-5-7-8-6-4-2;1-2/h7H,3-6H2,1-2H3;3-8H2,1-2H3;1-2H3. The van der Waals surface area contributed by atoms with Crippen molar-refractivity contribution in [2.75, 3.05) is 20.2 Å². The zero-order valence-corrected chi connectivity index (χ0v) is 16.3. The number of ether oxygens (including phenoxy) is 1. The van der Waals surface area contributed by atoms with Gasteiger partial charge in [0, 0.05) is 19.5 Å². The number of esters is 1. The Hall–Kier alpha value is -1.06. The van der Waals surface area contributed by atoms with E-state index in [0.29, 0.717) is 13.0 Å². The van der Waals surface area contributed by atoms with Crippen LogP contribution in [0.3, 0.4) is 0 Å². The lowest BCUT2D eigenvalue weighted by molar-refractivity contribution is -0.145. The molecule has 1 atom stereocenters. The maximum Gasteiger partial charge on any atom is 0.310 e. The molecule has 0 radical (unpaired) electrons. The summed E-state index contributed by atoms with van der Waals surface area (Å²) in [5.74, 6) is -0.451. The van der Waals surface area contributed by atoms with Crippen LogP contribution >= 0.6 is 0 Å². The molecule has 1 rings (SSSR count). The van der Waals surface area contributed by atoms with Gasteiger partial charge in [-0.1, -0.05) is 73.1 Å². The number of carbonyl (C=O) groups excluding carboxylic acids is 2. The highest BCUT2D eigenvalue weighted by Gasteiger charge is 2.34. The van der Waals surface area contributed by atoms with Gasteiger partial charge in [0.2, 0.25) is 5.91 Å². The van der Waals surface area contributed by atoms with Crippen LogP contribution in [0, 0.1) is 5.92 Å². The highest BCUT2D eigenvalue weighted by molar-refractivity contribution is 5.86. The van der Waals surface area contributed by atoms with Crippen molar-refractivity contribution in [2.45, 2.75) is 86.0 Å². The number of methoxy groups -OCH3 is 1. The van der Waals surface area contributed by atoms with Crippen molar-refractivity contribution in [1.29, 1.82) is 0 Å². The Morgan fingerprint density at radius 1 is 1.04 bits per heavy atom. The van der Waals surface area contributed by atoms with Crippen molar-refractivity contribution in [2.24, 2.45) is 5.92 Å². The van der Waals surface area contributed by atoms with Crippen LogP contribution in [0.5, 0.6) is 0 Å². The lowest BCUT2D eigenvalue weighted by Crippen LogP contribution is -2.27. The van der Waals surface area contributed by atoms with Crippen LogP contribution in [-0.4, -0.2) is 37.0 Å². The highest BCUT2D eigenvalue weighted by atomic mass is 16.5. The molecule has 1 unspecified atom stereocenters. The fraction of sp³-hybridized carbons (Fsp3) is 0.895. The fourth-order valence-electron chi connectivity index (χ4n) is 2.44.